The Morgan fingerprint density at radius 1 is 1.24 bits per heavy atom. The quantitative estimate of drug-likeness (QED) is 0.655. The molecule has 2 heteroatoms. The third kappa shape index (κ3) is 6.64. The maximum atomic E-state index is 9.97. The third-order valence-electron chi connectivity index (χ3n) is 3.19. The monoisotopic (exact) mass is 238 g/mol. The number of rotatable bonds is 0. The van der Waals surface area contributed by atoms with Gasteiger partial charge in [0.05, 0.1) is 12.7 Å². The molecular weight excluding hydrogens is 212 g/mol. The van der Waals surface area contributed by atoms with E-state index in [9.17, 15) is 5.11 Å². The SMILES string of the molecule is C/C1=C/[C@@H](C)[C@H](O)C/C=C/CCCCCOC1. The van der Waals surface area contributed by atoms with Gasteiger partial charge in [0.25, 0.3) is 0 Å². The Labute approximate surface area is 105 Å². The number of hydrogen-bond acceptors (Lipinski definition) is 2. The Hall–Kier alpha value is -0.600. The van der Waals surface area contributed by atoms with Gasteiger partial charge in [-0.15, -0.1) is 0 Å². The molecule has 2 nitrogen and oxygen atoms in total. The van der Waals surface area contributed by atoms with Crippen LogP contribution in [0.4, 0.5) is 0 Å². The normalized spacial score (nSPS) is 34.4. The van der Waals surface area contributed by atoms with Crippen molar-refractivity contribution in [1.82, 2.24) is 0 Å². The lowest BCUT2D eigenvalue weighted by Gasteiger charge is -2.15. The van der Waals surface area contributed by atoms with E-state index in [1.54, 1.807) is 0 Å². The molecule has 1 aliphatic heterocycles. The highest BCUT2D eigenvalue weighted by atomic mass is 16.5. The van der Waals surface area contributed by atoms with E-state index in [0.717, 1.165) is 25.9 Å². The Morgan fingerprint density at radius 2 is 2.06 bits per heavy atom. The van der Waals surface area contributed by atoms with Gasteiger partial charge in [0.1, 0.15) is 0 Å². The highest BCUT2D eigenvalue weighted by Crippen LogP contribution is 2.13. The minimum absolute atomic E-state index is 0.200. The van der Waals surface area contributed by atoms with Crippen LogP contribution >= 0.6 is 0 Å². The summed E-state index contributed by atoms with van der Waals surface area (Å²) >= 11 is 0. The highest BCUT2D eigenvalue weighted by Gasteiger charge is 2.10. The molecule has 0 aromatic rings. The molecule has 1 rings (SSSR count). The van der Waals surface area contributed by atoms with E-state index in [2.05, 4.69) is 32.1 Å². The van der Waals surface area contributed by atoms with E-state index in [1.165, 1.54) is 18.4 Å². The summed E-state index contributed by atoms with van der Waals surface area (Å²) in [6.07, 6.45) is 11.6. The molecule has 0 aliphatic carbocycles. The van der Waals surface area contributed by atoms with Gasteiger partial charge >= 0.3 is 0 Å². The fourth-order valence-electron chi connectivity index (χ4n) is 2.05. The van der Waals surface area contributed by atoms with Crippen molar-refractivity contribution in [3.63, 3.8) is 0 Å². The fraction of sp³-hybridized carbons (Fsp3) is 0.733. The van der Waals surface area contributed by atoms with Gasteiger partial charge in [-0.2, -0.15) is 0 Å². The van der Waals surface area contributed by atoms with Gasteiger partial charge in [-0.1, -0.05) is 37.1 Å². The van der Waals surface area contributed by atoms with Crippen LogP contribution in [-0.4, -0.2) is 24.4 Å². The summed E-state index contributed by atoms with van der Waals surface area (Å²) in [5.41, 5.74) is 1.22. The molecule has 0 spiro atoms. The predicted molar refractivity (Wildman–Crippen MR) is 72.0 cm³/mol. The van der Waals surface area contributed by atoms with Crippen LogP contribution in [0.1, 0.15) is 46.0 Å². The summed E-state index contributed by atoms with van der Waals surface area (Å²) in [6.45, 7) is 5.69. The fourth-order valence-corrected chi connectivity index (χ4v) is 2.05. The lowest BCUT2D eigenvalue weighted by molar-refractivity contribution is 0.135. The Kier molecular flexibility index (Phi) is 7.22. The topological polar surface area (TPSA) is 29.5 Å². The van der Waals surface area contributed by atoms with Crippen molar-refractivity contribution in [3.8, 4) is 0 Å². The van der Waals surface area contributed by atoms with Crippen molar-refractivity contribution in [2.24, 2.45) is 5.92 Å². The Bertz CT molecular complexity index is 256. The first-order chi connectivity index (χ1) is 8.20. The van der Waals surface area contributed by atoms with Gasteiger partial charge in [0.15, 0.2) is 0 Å². The standard InChI is InChI=1S/C15H26O2/c1-13-11-14(2)15(16)9-7-5-3-4-6-8-10-17-12-13/h5,7,11,14-16H,3-4,6,8-10,12H2,1-2H3/b7-5+,13-11-/t14-,15-/m1/s1. The van der Waals surface area contributed by atoms with Gasteiger partial charge in [-0.25, -0.2) is 0 Å². The van der Waals surface area contributed by atoms with Gasteiger partial charge in [-0.05, 0) is 32.6 Å². The lowest BCUT2D eigenvalue weighted by atomic mass is 9.99. The van der Waals surface area contributed by atoms with Crippen LogP contribution in [-0.2, 0) is 4.74 Å². The van der Waals surface area contributed by atoms with Gasteiger partial charge < -0.3 is 9.84 Å². The molecule has 0 fully saturated rings. The van der Waals surface area contributed by atoms with Gasteiger partial charge in [0, 0.05) is 12.5 Å². The van der Waals surface area contributed by atoms with Crippen molar-refractivity contribution >= 4 is 0 Å². The molecule has 17 heavy (non-hydrogen) atoms. The molecule has 0 aromatic carbocycles. The van der Waals surface area contributed by atoms with Crippen molar-refractivity contribution in [3.05, 3.63) is 23.8 Å². The number of hydrogen-bond donors (Lipinski definition) is 1. The number of aliphatic hydroxyl groups is 1. The molecule has 0 bridgehead atoms. The molecular formula is C15H26O2. The molecule has 0 amide bonds. The second-order valence-corrected chi connectivity index (χ2v) is 5.05. The smallest absolute Gasteiger partial charge is 0.0674 e. The molecule has 98 valence electrons. The Morgan fingerprint density at radius 3 is 2.88 bits per heavy atom. The lowest BCUT2D eigenvalue weighted by Crippen LogP contribution is -2.15. The molecule has 0 saturated carbocycles. The average molecular weight is 238 g/mol. The second kappa shape index (κ2) is 8.48. The summed E-state index contributed by atoms with van der Waals surface area (Å²) in [5.74, 6) is 0.200. The molecule has 1 heterocycles. The van der Waals surface area contributed by atoms with E-state index >= 15 is 0 Å². The first-order valence-corrected chi connectivity index (χ1v) is 6.78. The van der Waals surface area contributed by atoms with Crippen LogP contribution < -0.4 is 0 Å². The number of ether oxygens (including phenoxy) is 1. The van der Waals surface area contributed by atoms with Gasteiger partial charge in [-0.3, -0.25) is 0 Å². The molecule has 0 saturated heterocycles. The van der Waals surface area contributed by atoms with Crippen LogP contribution in [0.2, 0.25) is 0 Å². The molecule has 1 aliphatic rings. The minimum atomic E-state index is -0.274. The van der Waals surface area contributed by atoms with E-state index in [-0.39, 0.29) is 12.0 Å². The molecule has 1 N–H and O–H groups in total. The second-order valence-electron chi connectivity index (χ2n) is 5.05. The van der Waals surface area contributed by atoms with Crippen molar-refractivity contribution in [2.75, 3.05) is 13.2 Å². The molecule has 0 radical (unpaired) electrons. The first kappa shape index (κ1) is 14.5. The van der Waals surface area contributed by atoms with Crippen molar-refractivity contribution in [2.45, 2.75) is 52.1 Å². The summed E-state index contributed by atoms with van der Waals surface area (Å²) < 4.78 is 5.61. The van der Waals surface area contributed by atoms with Crippen LogP contribution in [0, 0.1) is 5.92 Å². The predicted octanol–water partition coefficient (Wildman–Crippen LogP) is 3.47. The molecule has 0 aromatic heterocycles. The minimum Gasteiger partial charge on any atom is -0.392 e. The van der Waals surface area contributed by atoms with Crippen LogP contribution in [0.25, 0.3) is 0 Å². The van der Waals surface area contributed by atoms with E-state index in [0.29, 0.717) is 6.61 Å². The summed E-state index contributed by atoms with van der Waals surface area (Å²) in [7, 11) is 0. The summed E-state index contributed by atoms with van der Waals surface area (Å²) in [5, 5.41) is 9.97. The van der Waals surface area contributed by atoms with Crippen molar-refractivity contribution in [1.29, 1.82) is 0 Å². The number of aliphatic hydroxyl groups excluding tert-OH is 1. The summed E-state index contributed by atoms with van der Waals surface area (Å²) in [4.78, 5) is 0. The van der Waals surface area contributed by atoms with E-state index < -0.39 is 0 Å². The summed E-state index contributed by atoms with van der Waals surface area (Å²) in [6, 6.07) is 0. The van der Waals surface area contributed by atoms with E-state index in [4.69, 9.17) is 4.74 Å². The zero-order chi connectivity index (χ0) is 12.5. The largest absolute Gasteiger partial charge is 0.392 e. The van der Waals surface area contributed by atoms with Crippen LogP contribution in [0.3, 0.4) is 0 Å². The maximum absolute atomic E-state index is 9.97. The molecule has 0 unspecified atom stereocenters. The maximum Gasteiger partial charge on any atom is 0.0674 e. The molecule has 2 atom stereocenters. The Balaban J connectivity index is 2.52. The van der Waals surface area contributed by atoms with Gasteiger partial charge in [0.2, 0.25) is 0 Å². The van der Waals surface area contributed by atoms with E-state index in [1.807, 2.05) is 0 Å². The third-order valence-corrected chi connectivity index (χ3v) is 3.19. The van der Waals surface area contributed by atoms with Crippen LogP contribution in [0.15, 0.2) is 23.8 Å². The van der Waals surface area contributed by atoms with Crippen molar-refractivity contribution < 1.29 is 9.84 Å². The highest BCUT2D eigenvalue weighted by molar-refractivity contribution is 5.03. The average Bonchev–Trinajstić information content (AvgIpc) is 2.30. The zero-order valence-corrected chi connectivity index (χ0v) is 11.2. The first-order valence-electron chi connectivity index (χ1n) is 6.78. The van der Waals surface area contributed by atoms with Crippen LogP contribution in [0.5, 0.6) is 0 Å². The zero-order valence-electron chi connectivity index (χ0n) is 11.2. The number of allylic oxidation sites excluding steroid dienone is 1.